The number of methoxy groups -OCH3 is 1. The van der Waals surface area contributed by atoms with Crippen LogP contribution < -0.4 is 9.47 Å². The van der Waals surface area contributed by atoms with Crippen LogP contribution in [0.4, 0.5) is 0 Å². The lowest BCUT2D eigenvalue weighted by atomic mass is 10.2. The molecule has 1 amide bonds. The highest BCUT2D eigenvalue weighted by Gasteiger charge is 2.13. The van der Waals surface area contributed by atoms with Crippen LogP contribution >= 0.6 is 12.2 Å². The molecule has 0 aliphatic heterocycles. The van der Waals surface area contributed by atoms with Crippen LogP contribution in [0.2, 0.25) is 0 Å². The Morgan fingerprint density at radius 3 is 2.67 bits per heavy atom. The number of aromatic nitrogens is 3. The monoisotopic (exact) mass is 426 g/mol. The number of nitrogens with one attached hydrogen (secondary N) is 1. The van der Waals surface area contributed by atoms with E-state index < -0.39 is 0 Å². The summed E-state index contributed by atoms with van der Waals surface area (Å²) in [6.07, 6.45) is 0.317. The molecule has 0 aliphatic carbocycles. The largest absolute Gasteiger partial charge is 0.497 e. The SMILES string of the molecule is COc1ccc(-c2n[nH]c(=S)n2CCC(=O)N(C)CCOc2cccc(C)c2)cc1. The van der Waals surface area contributed by atoms with E-state index in [0.717, 1.165) is 22.6 Å². The van der Waals surface area contributed by atoms with Gasteiger partial charge in [-0.15, -0.1) is 0 Å². The smallest absolute Gasteiger partial charge is 0.224 e. The third-order valence-electron chi connectivity index (χ3n) is 4.77. The van der Waals surface area contributed by atoms with Gasteiger partial charge >= 0.3 is 0 Å². The summed E-state index contributed by atoms with van der Waals surface area (Å²) in [5, 5.41) is 7.13. The molecule has 0 atom stereocenters. The van der Waals surface area contributed by atoms with Gasteiger partial charge in [-0.05, 0) is 61.1 Å². The van der Waals surface area contributed by atoms with Crippen molar-refractivity contribution in [2.24, 2.45) is 0 Å². The van der Waals surface area contributed by atoms with Crippen molar-refractivity contribution in [3.63, 3.8) is 0 Å². The average Bonchev–Trinajstić information content (AvgIpc) is 3.12. The number of ether oxygens (including phenoxy) is 2. The van der Waals surface area contributed by atoms with Gasteiger partial charge in [0.2, 0.25) is 5.91 Å². The summed E-state index contributed by atoms with van der Waals surface area (Å²) in [5.74, 6) is 2.29. The van der Waals surface area contributed by atoms with Crippen molar-refractivity contribution in [3.05, 3.63) is 58.9 Å². The van der Waals surface area contributed by atoms with E-state index in [4.69, 9.17) is 21.7 Å². The Labute approximate surface area is 181 Å². The fraction of sp³-hybridized carbons (Fsp3) is 0.318. The van der Waals surface area contributed by atoms with E-state index >= 15 is 0 Å². The third-order valence-corrected chi connectivity index (χ3v) is 5.08. The molecular weight excluding hydrogens is 400 g/mol. The van der Waals surface area contributed by atoms with Crippen LogP contribution in [0.3, 0.4) is 0 Å². The molecule has 1 aromatic heterocycles. The Morgan fingerprint density at radius 1 is 1.20 bits per heavy atom. The zero-order chi connectivity index (χ0) is 21.5. The molecule has 0 aliphatic rings. The Hall–Kier alpha value is -3.13. The first kappa shape index (κ1) is 21.6. The zero-order valence-corrected chi connectivity index (χ0v) is 18.2. The predicted octanol–water partition coefficient (Wildman–Crippen LogP) is 3.85. The normalized spacial score (nSPS) is 10.6. The number of likely N-dealkylation sites (N-methyl/N-ethyl adjacent to an activating group) is 1. The summed E-state index contributed by atoms with van der Waals surface area (Å²) in [7, 11) is 3.40. The van der Waals surface area contributed by atoms with Crippen LogP contribution in [0.15, 0.2) is 48.5 Å². The second-order valence-electron chi connectivity index (χ2n) is 6.96. The van der Waals surface area contributed by atoms with Crippen LogP contribution in [-0.4, -0.2) is 52.9 Å². The highest BCUT2D eigenvalue weighted by molar-refractivity contribution is 7.71. The van der Waals surface area contributed by atoms with Gasteiger partial charge < -0.3 is 14.4 Å². The van der Waals surface area contributed by atoms with Crippen molar-refractivity contribution in [1.82, 2.24) is 19.7 Å². The van der Waals surface area contributed by atoms with Gasteiger partial charge in [-0.3, -0.25) is 14.5 Å². The molecular formula is C22H26N4O3S. The highest BCUT2D eigenvalue weighted by Crippen LogP contribution is 2.21. The third kappa shape index (κ3) is 5.48. The summed E-state index contributed by atoms with van der Waals surface area (Å²) < 4.78 is 13.3. The van der Waals surface area contributed by atoms with Crippen LogP contribution in [0.25, 0.3) is 11.4 Å². The molecule has 0 spiro atoms. The summed E-state index contributed by atoms with van der Waals surface area (Å²) in [5.41, 5.74) is 2.04. The number of hydrogen-bond donors (Lipinski definition) is 1. The molecule has 7 nitrogen and oxygen atoms in total. The Balaban J connectivity index is 1.55. The number of carbonyl (C=O) groups is 1. The van der Waals surface area contributed by atoms with Crippen molar-refractivity contribution < 1.29 is 14.3 Å². The average molecular weight is 427 g/mol. The molecule has 30 heavy (non-hydrogen) atoms. The van der Waals surface area contributed by atoms with Crippen molar-refractivity contribution in [2.45, 2.75) is 19.9 Å². The van der Waals surface area contributed by atoms with Crippen LogP contribution in [0, 0.1) is 11.7 Å². The molecule has 0 bridgehead atoms. The fourth-order valence-electron chi connectivity index (χ4n) is 3.01. The molecule has 1 N–H and O–H groups in total. The molecule has 3 rings (SSSR count). The van der Waals surface area contributed by atoms with Gasteiger partial charge in [0.15, 0.2) is 10.6 Å². The lowest BCUT2D eigenvalue weighted by Crippen LogP contribution is -2.31. The lowest BCUT2D eigenvalue weighted by molar-refractivity contribution is -0.130. The van der Waals surface area contributed by atoms with E-state index in [-0.39, 0.29) is 5.91 Å². The molecule has 0 fully saturated rings. The Kier molecular flexibility index (Phi) is 7.24. The Morgan fingerprint density at radius 2 is 1.97 bits per heavy atom. The van der Waals surface area contributed by atoms with Crippen molar-refractivity contribution >= 4 is 18.1 Å². The van der Waals surface area contributed by atoms with Crippen LogP contribution in [0.1, 0.15) is 12.0 Å². The van der Waals surface area contributed by atoms with Gasteiger partial charge in [0.25, 0.3) is 0 Å². The molecule has 0 saturated heterocycles. The van der Waals surface area contributed by atoms with E-state index in [9.17, 15) is 4.79 Å². The number of amides is 1. The fourth-order valence-corrected chi connectivity index (χ4v) is 3.24. The first-order valence-corrected chi connectivity index (χ1v) is 10.1. The van der Waals surface area contributed by atoms with Gasteiger partial charge in [-0.2, -0.15) is 5.10 Å². The van der Waals surface area contributed by atoms with E-state index in [1.807, 2.05) is 60.0 Å². The molecule has 8 heteroatoms. The van der Waals surface area contributed by atoms with Gasteiger partial charge in [0, 0.05) is 25.6 Å². The van der Waals surface area contributed by atoms with Crippen LogP contribution in [0.5, 0.6) is 11.5 Å². The number of aryl methyl sites for hydroxylation is 1. The van der Waals surface area contributed by atoms with E-state index in [2.05, 4.69) is 10.2 Å². The van der Waals surface area contributed by atoms with E-state index in [1.165, 1.54) is 0 Å². The standard InChI is InChI=1S/C22H26N4O3S/c1-16-5-4-6-19(15-16)29-14-13-25(2)20(27)11-12-26-21(23-24-22(26)30)17-7-9-18(28-3)10-8-17/h4-10,15H,11-14H2,1-3H3,(H,24,30). The second-order valence-corrected chi connectivity index (χ2v) is 7.35. The number of rotatable bonds is 9. The maximum Gasteiger partial charge on any atom is 0.224 e. The molecule has 1 heterocycles. The molecule has 158 valence electrons. The minimum absolute atomic E-state index is 0.0200. The van der Waals surface area contributed by atoms with Gasteiger partial charge in [0.05, 0.1) is 13.7 Å². The first-order valence-electron chi connectivity index (χ1n) is 9.71. The lowest BCUT2D eigenvalue weighted by Gasteiger charge is -2.18. The summed E-state index contributed by atoms with van der Waals surface area (Å²) in [6, 6.07) is 15.4. The van der Waals surface area contributed by atoms with Gasteiger partial charge in [0.1, 0.15) is 18.1 Å². The number of aromatic amines is 1. The number of H-pyrrole nitrogens is 1. The van der Waals surface area contributed by atoms with Crippen molar-refractivity contribution in [2.75, 3.05) is 27.3 Å². The number of nitrogens with zero attached hydrogens (tertiary/aromatic N) is 3. The van der Waals surface area contributed by atoms with Gasteiger partial charge in [-0.1, -0.05) is 12.1 Å². The summed E-state index contributed by atoms with van der Waals surface area (Å²) in [6.45, 7) is 3.41. The Bertz CT molecular complexity index is 1040. The van der Waals surface area contributed by atoms with Gasteiger partial charge in [-0.25, -0.2) is 0 Å². The first-order chi connectivity index (χ1) is 14.5. The quantitative estimate of drug-likeness (QED) is 0.526. The molecule has 0 saturated carbocycles. The summed E-state index contributed by atoms with van der Waals surface area (Å²) in [4.78, 5) is 14.2. The molecule has 0 unspecified atom stereocenters. The number of hydrogen-bond acceptors (Lipinski definition) is 5. The molecule has 2 aromatic carbocycles. The predicted molar refractivity (Wildman–Crippen MR) is 118 cm³/mol. The second kappa shape index (κ2) is 10.1. The maximum atomic E-state index is 12.6. The highest BCUT2D eigenvalue weighted by atomic mass is 32.1. The zero-order valence-electron chi connectivity index (χ0n) is 17.4. The number of benzene rings is 2. The molecule has 3 aromatic rings. The van der Waals surface area contributed by atoms with E-state index in [0.29, 0.717) is 36.7 Å². The van der Waals surface area contributed by atoms with E-state index in [1.54, 1.807) is 19.1 Å². The maximum absolute atomic E-state index is 12.6. The van der Waals surface area contributed by atoms with Crippen molar-refractivity contribution in [1.29, 1.82) is 0 Å². The van der Waals surface area contributed by atoms with Crippen molar-refractivity contribution in [3.8, 4) is 22.9 Å². The number of carbonyl (C=O) groups excluding carboxylic acids is 1. The minimum Gasteiger partial charge on any atom is -0.497 e. The van der Waals surface area contributed by atoms with Crippen LogP contribution in [-0.2, 0) is 11.3 Å². The summed E-state index contributed by atoms with van der Waals surface area (Å²) >= 11 is 5.35. The molecule has 0 radical (unpaired) electrons. The minimum atomic E-state index is 0.0200. The topological polar surface area (TPSA) is 72.4 Å².